The van der Waals surface area contributed by atoms with Gasteiger partial charge in [-0.2, -0.15) is 0 Å². The highest BCUT2D eigenvalue weighted by Crippen LogP contribution is 2.16. The monoisotopic (exact) mass is 777 g/mol. The molecule has 55 heavy (non-hydrogen) atoms. The molecule has 0 unspecified atom stereocenters. The normalized spacial score (nSPS) is 12.0. The topological polar surface area (TPSA) is 78.9 Å². The number of hydrogen-bond donors (Lipinski definition) is 0. The van der Waals surface area contributed by atoms with Crippen LogP contribution in [0.3, 0.4) is 0 Å². The summed E-state index contributed by atoms with van der Waals surface area (Å²) >= 11 is 0. The second kappa shape index (κ2) is 44.9. The minimum Gasteiger partial charge on any atom is -0.462 e. The molecule has 0 saturated carbocycles. The first kappa shape index (κ1) is 53.1. The van der Waals surface area contributed by atoms with Crippen molar-refractivity contribution in [3.63, 3.8) is 0 Å². The third kappa shape index (κ3) is 43.1. The van der Waals surface area contributed by atoms with Gasteiger partial charge in [-0.1, -0.05) is 219 Å². The first-order valence-electron chi connectivity index (χ1n) is 24.2. The van der Waals surface area contributed by atoms with E-state index in [2.05, 4.69) is 32.9 Å². The quantitative estimate of drug-likeness (QED) is 0.0265. The number of esters is 3. The first-order valence-corrected chi connectivity index (χ1v) is 24.2. The Kier molecular flexibility index (Phi) is 43.4. The van der Waals surface area contributed by atoms with Gasteiger partial charge in [-0.25, -0.2) is 0 Å². The molecule has 0 fully saturated rings. The van der Waals surface area contributed by atoms with Gasteiger partial charge in [0.1, 0.15) is 13.2 Å². The molecular formula is C49H92O6. The van der Waals surface area contributed by atoms with Gasteiger partial charge in [-0.3, -0.25) is 14.4 Å². The fourth-order valence-electron chi connectivity index (χ4n) is 7.07. The Morgan fingerprint density at radius 1 is 0.345 bits per heavy atom. The van der Waals surface area contributed by atoms with Gasteiger partial charge >= 0.3 is 17.9 Å². The van der Waals surface area contributed by atoms with Crippen LogP contribution in [0, 0.1) is 0 Å². The van der Waals surface area contributed by atoms with Crippen LogP contribution in [-0.2, 0) is 28.6 Å². The number of hydrogen-bond acceptors (Lipinski definition) is 6. The maximum atomic E-state index is 12.7. The van der Waals surface area contributed by atoms with E-state index in [0.717, 1.165) is 64.2 Å². The van der Waals surface area contributed by atoms with E-state index >= 15 is 0 Å². The van der Waals surface area contributed by atoms with Crippen molar-refractivity contribution < 1.29 is 28.6 Å². The average molecular weight is 777 g/mol. The van der Waals surface area contributed by atoms with Gasteiger partial charge < -0.3 is 14.2 Å². The van der Waals surface area contributed by atoms with E-state index in [9.17, 15) is 14.4 Å². The van der Waals surface area contributed by atoms with Gasteiger partial charge in [0.2, 0.25) is 0 Å². The van der Waals surface area contributed by atoms with Crippen molar-refractivity contribution in [2.24, 2.45) is 0 Å². The van der Waals surface area contributed by atoms with Crippen LogP contribution in [0.5, 0.6) is 0 Å². The third-order valence-electron chi connectivity index (χ3n) is 10.8. The molecule has 0 aromatic carbocycles. The van der Waals surface area contributed by atoms with Gasteiger partial charge in [-0.15, -0.1) is 0 Å². The molecule has 1 atom stereocenters. The van der Waals surface area contributed by atoms with E-state index in [-0.39, 0.29) is 31.1 Å². The van der Waals surface area contributed by atoms with Crippen molar-refractivity contribution in [3.05, 3.63) is 12.2 Å². The Hall–Kier alpha value is -1.85. The predicted octanol–water partition coefficient (Wildman–Crippen LogP) is 15.4. The molecule has 0 rings (SSSR count). The summed E-state index contributed by atoms with van der Waals surface area (Å²) in [5.41, 5.74) is 0. The van der Waals surface area contributed by atoms with Crippen molar-refractivity contribution in [1.82, 2.24) is 0 Å². The van der Waals surface area contributed by atoms with Crippen molar-refractivity contribution in [2.75, 3.05) is 13.2 Å². The summed E-state index contributed by atoms with van der Waals surface area (Å²) in [5.74, 6) is -0.867. The van der Waals surface area contributed by atoms with Crippen LogP contribution < -0.4 is 0 Å². The summed E-state index contributed by atoms with van der Waals surface area (Å²) in [6.45, 7) is 6.61. The summed E-state index contributed by atoms with van der Waals surface area (Å²) in [5, 5.41) is 0. The van der Waals surface area contributed by atoms with Crippen LogP contribution in [0.1, 0.15) is 265 Å². The lowest BCUT2D eigenvalue weighted by molar-refractivity contribution is -0.167. The lowest BCUT2D eigenvalue weighted by Crippen LogP contribution is -2.30. The fourth-order valence-corrected chi connectivity index (χ4v) is 7.07. The molecule has 0 radical (unpaired) electrons. The molecule has 0 aliphatic carbocycles. The van der Waals surface area contributed by atoms with Crippen molar-refractivity contribution >= 4 is 17.9 Å². The smallest absolute Gasteiger partial charge is 0.306 e. The molecule has 6 heteroatoms. The lowest BCUT2D eigenvalue weighted by Gasteiger charge is -2.18. The second-order valence-corrected chi connectivity index (χ2v) is 16.4. The standard InChI is InChI=1S/C49H92O6/c1-4-7-10-13-16-19-22-23-24-25-28-31-34-37-40-43-49(52)55-46(44-53-47(50)41-38-35-32-29-26-20-17-14-11-8-5-2)45-54-48(51)42-39-36-33-30-27-21-18-15-12-9-6-3/h14,17,46H,4-13,15-16,18-45H2,1-3H3/b17-14-/t46-/m1/s1. The summed E-state index contributed by atoms with van der Waals surface area (Å²) in [4.78, 5) is 37.8. The number of carbonyl (C=O) groups is 3. The van der Waals surface area contributed by atoms with Crippen LogP contribution >= 0.6 is 0 Å². The van der Waals surface area contributed by atoms with E-state index in [4.69, 9.17) is 14.2 Å². The number of ether oxygens (including phenoxy) is 3. The summed E-state index contributed by atoms with van der Waals surface area (Å²) in [7, 11) is 0. The van der Waals surface area contributed by atoms with Crippen molar-refractivity contribution in [1.29, 1.82) is 0 Å². The number of unbranched alkanes of at least 4 members (excludes halogenated alkanes) is 31. The Labute approximate surface area is 341 Å². The first-order chi connectivity index (χ1) is 27.0. The molecule has 324 valence electrons. The zero-order chi connectivity index (χ0) is 40.1. The van der Waals surface area contributed by atoms with E-state index < -0.39 is 6.10 Å². The largest absolute Gasteiger partial charge is 0.462 e. The van der Waals surface area contributed by atoms with Crippen LogP contribution in [0.4, 0.5) is 0 Å². The van der Waals surface area contributed by atoms with Crippen LogP contribution in [0.25, 0.3) is 0 Å². The molecule has 0 aliphatic rings. The van der Waals surface area contributed by atoms with Crippen LogP contribution in [-0.4, -0.2) is 37.2 Å². The van der Waals surface area contributed by atoms with Crippen molar-refractivity contribution in [2.45, 2.75) is 271 Å². The van der Waals surface area contributed by atoms with Crippen LogP contribution in [0.2, 0.25) is 0 Å². The van der Waals surface area contributed by atoms with Gasteiger partial charge in [0.05, 0.1) is 0 Å². The molecule has 0 aliphatic heterocycles. The second-order valence-electron chi connectivity index (χ2n) is 16.4. The number of allylic oxidation sites excluding steroid dienone is 2. The van der Waals surface area contributed by atoms with E-state index in [1.165, 1.54) is 161 Å². The predicted molar refractivity (Wildman–Crippen MR) is 233 cm³/mol. The maximum absolute atomic E-state index is 12.7. The van der Waals surface area contributed by atoms with Gasteiger partial charge in [0.25, 0.3) is 0 Å². The van der Waals surface area contributed by atoms with Gasteiger partial charge in [0.15, 0.2) is 6.10 Å². The highest BCUT2D eigenvalue weighted by atomic mass is 16.6. The van der Waals surface area contributed by atoms with Crippen molar-refractivity contribution in [3.8, 4) is 0 Å². The highest BCUT2D eigenvalue weighted by molar-refractivity contribution is 5.71. The average Bonchev–Trinajstić information content (AvgIpc) is 3.18. The zero-order valence-corrected chi connectivity index (χ0v) is 37.0. The highest BCUT2D eigenvalue weighted by Gasteiger charge is 2.19. The Bertz CT molecular complexity index is 854. The molecule has 0 N–H and O–H groups in total. The Balaban J connectivity index is 4.32. The molecule has 0 bridgehead atoms. The summed E-state index contributed by atoms with van der Waals surface area (Å²) in [6, 6.07) is 0. The zero-order valence-electron chi connectivity index (χ0n) is 37.0. The van der Waals surface area contributed by atoms with E-state index in [1.807, 2.05) is 0 Å². The molecular weight excluding hydrogens is 685 g/mol. The number of carbonyl (C=O) groups excluding carboxylic acids is 3. The minimum absolute atomic E-state index is 0.0678. The van der Waals surface area contributed by atoms with Crippen LogP contribution in [0.15, 0.2) is 12.2 Å². The molecule has 0 heterocycles. The minimum atomic E-state index is -0.764. The summed E-state index contributed by atoms with van der Waals surface area (Å²) in [6.07, 6.45) is 47.6. The van der Waals surface area contributed by atoms with Gasteiger partial charge in [-0.05, 0) is 38.5 Å². The molecule has 0 spiro atoms. The molecule has 0 aromatic heterocycles. The SMILES string of the molecule is CCCC/C=C\CCCCCCCC(=O)OC[C@H](COC(=O)CCCCCCCCCCCCC)OC(=O)CCCCCCCCCCCCCCCCC. The fraction of sp³-hybridized carbons (Fsp3) is 0.898. The van der Waals surface area contributed by atoms with E-state index in [0.29, 0.717) is 19.3 Å². The summed E-state index contributed by atoms with van der Waals surface area (Å²) < 4.78 is 16.7. The lowest BCUT2D eigenvalue weighted by atomic mass is 10.0. The Morgan fingerprint density at radius 2 is 0.618 bits per heavy atom. The third-order valence-corrected chi connectivity index (χ3v) is 10.8. The molecule has 0 amide bonds. The Morgan fingerprint density at radius 3 is 0.964 bits per heavy atom. The van der Waals surface area contributed by atoms with E-state index in [1.54, 1.807) is 0 Å². The molecule has 0 aromatic rings. The number of rotatable bonds is 44. The van der Waals surface area contributed by atoms with Gasteiger partial charge in [0, 0.05) is 19.3 Å². The molecule has 6 nitrogen and oxygen atoms in total. The molecule has 0 saturated heterocycles. The maximum Gasteiger partial charge on any atom is 0.306 e.